The zero-order chi connectivity index (χ0) is 14.4. The number of anilines is 1. The molecule has 0 unspecified atom stereocenters. The molecule has 0 fully saturated rings. The smallest absolute Gasteiger partial charge is 0.119 e. The summed E-state index contributed by atoms with van der Waals surface area (Å²) in [7, 11) is 0. The van der Waals surface area contributed by atoms with Gasteiger partial charge in [-0.3, -0.25) is 0 Å². The zero-order valence-electron chi connectivity index (χ0n) is 10.8. The molecule has 0 amide bonds. The Labute approximate surface area is 132 Å². The third-order valence-electron chi connectivity index (χ3n) is 2.69. The zero-order valence-corrected chi connectivity index (χ0v) is 13.2. The van der Waals surface area contributed by atoms with E-state index in [1.54, 1.807) is 0 Å². The monoisotopic (exact) mass is 350 g/mol. The Bertz CT molecular complexity index is 590. The Morgan fingerprint density at radius 2 is 1.90 bits per heavy atom. The van der Waals surface area contributed by atoms with Crippen LogP contribution in [-0.4, -0.2) is 18.1 Å². The fourth-order valence-electron chi connectivity index (χ4n) is 1.79. The molecule has 2 aromatic carbocycles. The van der Waals surface area contributed by atoms with Gasteiger partial charge in [0.25, 0.3) is 0 Å². The van der Waals surface area contributed by atoms with E-state index < -0.39 is 0 Å². The number of halogens is 1. The highest BCUT2D eigenvalue weighted by Gasteiger charge is 2.08. The predicted octanol–water partition coefficient (Wildman–Crippen LogP) is 3.57. The van der Waals surface area contributed by atoms with Gasteiger partial charge in [-0.1, -0.05) is 36.5 Å². The second kappa shape index (κ2) is 7.26. The van der Waals surface area contributed by atoms with Crippen molar-refractivity contribution in [3.05, 3.63) is 58.6 Å². The molecule has 5 heteroatoms. The molecule has 0 saturated heterocycles. The average Bonchev–Trinajstić information content (AvgIpc) is 2.44. The Kier molecular flexibility index (Phi) is 5.38. The highest BCUT2D eigenvalue weighted by molar-refractivity contribution is 9.10. The van der Waals surface area contributed by atoms with Crippen LogP contribution in [0.3, 0.4) is 0 Å². The molecule has 0 aliphatic carbocycles. The summed E-state index contributed by atoms with van der Waals surface area (Å²) in [5.41, 5.74) is 7.47. The molecule has 0 spiro atoms. The number of rotatable bonds is 6. The van der Waals surface area contributed by atoms with Gasteiger partial charge in [0, 0.05) is 22.3 Å². The van der Waals surface area contributed by atoms with E-state index in [2.05, 4.69) is 21.2 Å². The number of nitrogens with two attached hydrogens (primary N) is 1. The van der Waals surface area contributed by atoms with Gasteiger partial charge < -0.3 is 15.8 Å². The summed E-state index contributed by atoms with van der Waals surface area (Å²) in [6.45, 7) is 1.23. The summed E-state index contributed by atoms with van der Waals surface area (Å²) in [6, 6.07) is 15.5. The van der Waals surface area contributed by atoms with Crippen LogP contribution in [0.25, 0.3) is 0 Å². The van der Waals surface area contributed by atoms with E-state index in [0.29, 0.717) is 18.1 Å². The van der Waals surface area contributed by atoms with Gasteiger partial charge in [-0.15, -0.1) is 0 Å². The lowest BCUT2D eigenvalue weighted by molar-refractivity contribution is 0.333. The van der Waals surface area contributed by atoms with Gasteiger partial charge >= 0.3 is 0 Å². The highest BCUT2D eigenvalue weighted by Crippen LogP contribution is 2.24. The van der Waals surface area contributed by atoms with Gasteiger partial charge in [-0.05, 0) is 40.2 Å². The molecule has 0 aliphatic rings. The summed E-state index contributed by atoms with van der Waals surface area (Å²) in [5, 5.41) is 3.28. The van der Waals surface area contributed by atoms with Crippen LogP contribution in [0, 0.1) is 0 Å². The Balaban J connectivity index is 1.92. The molecule has 0 aliphatic heterocycles. The first-order chi connectivity index (χ1) is 9.68. The maximum atomic E-state index is 5.74. The summed E-state index contributed by atoms with van der Waals surface area (Å²) in [4.78, 5) is 0.365. The van der Waals surface area contributed by atoms with Crippen molar-refractivity contribution < 1.29 is 4.74 Å². The maximum absolute atomic E-state index is 5.74. The van der Waals surface area contributed by atoms with Crippen molar-refractivity contribution in [3.8, 4) is 5.75 Å². The van der Waals surface area contributed by atoms with Crippen LogP contribution in [0.5, 0.6) is 5.75 Å². The molecule has 0 bridgehead atoms. The van der Waals surface area contributed by atoms with E-state index >= 15 is 0 Å². The van der Waals surface area contributed by atoms with Crippen molar-refractivity contribution in [1.29, 1.82) is 0 Å². The van der Waals surface area contributed by atoms with Gasteiger partial charge in [0.15, 0.2) is 0 Å². The first-order valence-electron chi connectivity index (χ1n) is 6.18. The van der Waals surface area contributed by atoms with Crippen molar-refractivity contribution in [2.45, 2.75) is 0 Å². The average molecular weight is 351 g/mol. The topological polar surface area (TPSA) is 47.3 Å². The minimum Gasteiger partial charge on any atom is -0.492 e. The molecule has 2 aromatic rings. The van der Waals surface area contributed by atoms with Gasteiger partial charge in [0.1, 0.15) is 17.3 Å². The van der Waals surface area contributed by atoms with Crippen molar-refractivity contribution in [2.24, 2.45) is 5.73 Å². The molecule has 3 nitrogen and oxygen atoms in total. The molecule has 0 radical (unpaired) electrons. The Hall–Kier alpha value is -1.59. The molecule has 20 heavy (non-hydrogen) atoms. The molecule has 0 aromatic heterocycles. The van der Waals surface area contributed by atoms with Crippen LogP contribution >= 0.6 is 28.1 Å². The van der Waals surface area contributed by atoms with Crippen molar-refractivity contribution in [1.82, 2.24) is 0 Å². The van der Waals surface area contributed by atoms with E-state index in [1.165, 1.54) is 0 Å². The van der Waals surface area contributed by atoms with Crippen LogP contribution < -0.4 is 15.8 Å². The predicted molar refractivity (Wildman–Crippen MR) is 90.5 cm³/mol. The summed E-state index contributed by atoms with van der Waals surface area (Å²) < 4.78 is 6.51. The van der Waals surface area contributed by atoms with Crippen LogP contribution in [0.2, 0.25) is 0 Å². The van der Waals surface area contributed by atoms with Crippen molar-refractivity contribution in [2.75, 3.05) is 18.5 Å². The fourth-order valence-corrected chi connectivity index (χ4v) is 2.72. The van der Waals surface area contributed by atoms with Crippen molar-refractivity contribution >= 4 is 38.8 Å². The molecule has 0 heterocycles. The van der Waals surface area contributed by atoms with E-state index in [1.807, 2.05) is 48.5 Å². The van der Waals surface area contributed by atoms with Crippen LogP contribution in [0.1, 0.15) is 5.56 Å². The molecule has 0 saturated carbocycles. The first kappa shape index (κ1) is 14.8. The first-order valence-corrected chi connectivity index (χ1v) is 7.38. The molecule has 104 valence electrons. The fraction of sp³-hybridized carbons (Fsp3) is 0.133. The van der Waals surface area contributed by atoms with Gasteiger partial charge in [0.2, 0.25) is 0 Å². The third-order valence-corrected chi connectivity index (χ3v) is 3.55. The molecule has 3 N–H and O–H groups in total. The SMILES string of the molecule is NC(=S)c1c(Br)cccc1NCCOc1ccccc1. The highest BCUT2D eigenvalue weighted by atomic mass is 79.9. The maximum Gasteiger partial charge on any atom is 0.119 e. The number of thiocarbonyl (C=S) groups is 1. The van der Waals surface area contributed by atoms with Gasteiger partial charge in [-0.2, -0.15) is 0 Å². The molecular weight excluding hydrogens is 336 g/mol. The second-order valence-electron chi connectivity index (χ2n) is 4.11. The van der Waals surface area contributed by atoms with Gasteiger partial charge in [-0.25, -0.2) is 0 Å². The summed E-state index contributed by atoms with van der Waals surface area (Å²) >= 11 is 8.52. The number of benzene rings is 2. The third kappa shape index (κ3) is 3.95. The quantitative estimate of drug-likeness (QED) is 0.617. The van der Waals surface area contributed by atoms with Crippen LogP contribution in [-0.2, 0) is 0 Å². The number of nitrogens with one attached hydrogen (secondary N) is 1. The standard InChI is InChI=1S/C15H15BrN2OS/c16-12-7-4-8-13(14(12)15(17)20)18-9-10-19-11-5-2-1-3-6-11/h1-8,18H,9-10H2,(H2,17,20). The lowest BCUT2D eigenvalue weighted by Gasteiger charge is -2.13. The molecule has 2 rings (SSSR count). The van der Waals surface area contributed by atoms with Gasteiger partial charge in [0.05, 0.1) is 0 Å². The minimum atomic E-state index is 0.365. The number of para-hydroxylation sites is 1. The largest absolute Gasteiger partial charge is 0.492 e. The lowest BCUT2D eigenvalue weighted by atomic mass is 10.2. The Morgan fingerprint density at radius 1 is 1.15 bits per heavy atom. The minimum absolute atomic E-state index is 0.365. The number of hydrogen-bond donors (Lipinski definition) is 2. The molecular formula is C15H15BrN2OS. The van der Waals surface area contributed by atoms with E-state index in [9.17, 15) is 0 Å². The number of ether oxygens (including phenoxy) is 1. The summed E-state index contributed by atoms with van der Waals surface area (Å²) in [6.07, 6.45) is 0. The normalized spacial score (nSPS) is 10.1. The number of hydrogen-bond acceptors (Lipinski definition) is 3. The van der Waals surface area contributed by atoms with E-state index in [0.717, 1.165) is 21.5 Å². The summed E-state index contributed by atoms with van der Waals surface area (Å²) in [5.74, 6) is 0.859. The van der Waals surface area contributed by atoms with E-state index in [4.69, 9.17) is 22.7 Å². The van der Waals surface area contributed by atoms with Crippen LogP contribution in [0.4, 0.5) is 5.69 Å². The van der Waals surface area contributed by atoms with Crippen molar-refractivity contribution in [3.63, 3.8) is 0 Å². The molecule has 0 atom stereocenters. The Morgan fingerprint density at radius 3 is 2.60 bits per heavy atom. The van der Waals surface area contributed by atoms with Crippen LogP contribution in [0.15, 0.2) is 53.0 Å². The van der Waals surface area contributed by atoms with E-state index in [-0.39, 0.29) is 0 Å². The lowest BCUT2D eigenvalue weighted by Crippen LogP contribution is -2.17. The second-order valence-corrected chi connectivity index (χ2v) is 5.41.